The van der Waals surface area contributed by atoms with Crippen LogP contribution in [0.15, 0.2) is 30.5 Å². The molecule has 0 aliphatic carbocycles. The minimum absolute atomic E-state index is 0.0520. The number of rotatable bonds is 10. The molecule has 0 unspecified atom stereocenters. The predicted molar refractivity (Wildman–Crippen MR) is 108 cm³/mol. The van der Waals surface area contributed by atoms with Gasteiger partial charge in [0.25, 0.3) is 0 Å². The SMILES string of the molecule is COc1ccc(CNc2nc(NCCCN3CCCC3)ncc2C(=O)O)cc1. The molecular weight excluding hydrogens is 358 g/mol. The van der Waals surface area contributed by atoms with Gasteiger partial charge in [-0.05, 0) is 56.6 Å². The van der Waals surface area contributed by atoms with E-state index < -0.39 is 5.97 Å². The summed E-state index contributed by atoms with van der Waals surface area (Å²) in [4.78, 5) is 22.4. The summed E-state index contributed by atoms with van der Waals surface area (Å²) in [6.45, 7) is 4.63. The molecule has 1 aliphatic rings. The zero-order valence-electron chi connectivity index (χ0n) is 16.1. The highest BCUT2D eigenvalue weighted by Crippen LogP contribution is 2.17. The number of ether oxygens (including phenoxy) is 1. The average molecular weight is 385 g/mol. The molecule has 0 radical (unpaired) electrons. The van der Waals surface area contributed by atoms with Crippen molar-refractivity contribution in [3.05, 3.63) is 41.6 Å². The van der Waals surface area contributed by atoms with Crippen LogP contribution in [0.3, 0.4) is 0 Å². The van der Waals surface area contributed by atoms with Crippen LogP contribution in [-0.2, 0) is 6.54 Å². The number of likely N-dealkylation sites (tertiary alicyclic amines) is 1. The van der Waals surface area contributed by atoms with E-state index in [1.54, 1.807) is 7.11 Å². The van der Waals surface area contributed by atoms with E-state index in [9.17, 15) is 9.90 Å². The first-order valence-corrected chi connectivity index (χ1v) is 9.59. The zero-order valence-corrected chi connectivity index (χ0v) is 16.1. The predicted octanol–water partition coefficient (Wildman–Crippen LogP) is 2.69. The van der Waals surface area contributed by atoms with Gasteiger partial charge in [-0.1, -0.05) is 12.1 Å². The fourth-order valence-corrected chi connectivity index (χ4v) is 3.20. The summed E-state index contributed by atoms with van der Waals surface area (Å²) in [5, 5.41) is 15.7. The number of carbonyl (C=O) groups is 1. The Morgan fingerprint density at radius 2 is 1.96 bits per heavy atom. The number of hydrogen-bond donors (Lipinski definition) is 3. The molecule has 3 N–H and O–H groups in total. The maximum absolute atomic E-state index is 11.5. The largest absolute Gasteiger partial charge is 0.497 e. The molecule has 0 atom stereocenters. The molecule has 28 heavy (non-hydrogen) atoms. The number of benzene rings is 1. The van der Waals surface area contributed by atoms with E-state index in [0.717, 1.165) is 30.8 Å². The molecule has 8 nitrogen and oxygen atoms in total. The third-order valence-corrected chi connectivity index (χ3v) is 4.77. The summed E-state index contributed by atoms with van der Waals surface area (Å²) in [5.74, 6) is 0.458. The Hall–Kier alpha value is -2.87. The fourth-order valence-electron chi connectivity index (χ4n) is 3.20. The standard InChI is InChI=1S/C20H27N5O3/c1-28-16-7-5-15(6-8-16)13-22-18-17(19(26)27)14-23-20(24-18)21-9-4-12-25-10-2-3-11-25/h5-8,14H,2-4,9-13H2,1H3,(H,26,27)(H2,21,22,23,24). The van der Waals surface area contributed by atoms with Crippen LogP contribution in [-0.4, -0.2) is 59.2 Å². The minimum atomic E-state index is -1.06. The van der Waals surface area contributed by atoms with Crippen molar-refractivity contribution in [2.45, 2.75) is 25.8 Å². The molecule has 1 fully saturated rings. The van der Waals surface area contributed by atoms with Crippen LogP contribution in [0.5, 0.6) is 5.75 Å². The van der Waals surface area contributed by atoms with Crippen molar-refractivity contribution in [3.8, 4) is 5.75 Å². The van der Waals surface area contributed by atoms with Crippen LogP contribution in [0.1, 0.15) is 35.2 Å². The van der Waals surface area contributed by atoms with Gasteiger partial charge < -0.3 is 25.4 Å². The van der Waals surface area contributed by atoms with Gasteiger partial charge in [-0.2, -0.15) is 4.98 Å². The molecule has 1 aromatic heterocycles. The van der Waals surface area contributed by atoms with Gasteiger partial charge >= 0.3 is 5.97 Å². The first kappa shape index (κ1) is 19.9. The molecule has 3 rings (SSSR count). The fraction of sp³-hybridized carbons (Fsp3) is 0.450. The number of anilines is 2. The zero-order chi connectivity index (χ0) is 19.8. The highest BCUT2D eigenvalue weighted by Gasteiger charge is 2.14. The van der Waals surface area contributed by atoms with E-state index >= 15 is 0 Å². The second-order valence-corrected chi connectivity index (χ2v) is 6.79. The van der Waals surface area contributed by atoms with Crippen molar-refractivity contribution < 1.29 is 14.6 Å². The molecule has 0 amide bonds. The molecule has 1 aliphatic heterocycles. The van der Waals surface area contributed by atoms with Crippen molar-refractivity contribution in [3.63, 3.8) is 0 Å². The first-order valence-electron chi connectivity index (χ1n) is 9.59. The quantitative estimate of drug-likeness (QED) is 0.537. The second kappa shape index (κ2) is 9.89. The van der Waals surface area contributed by atoms with Gasteiger partial charge in [-0.25, -0.2) is 9.78 Å². The van der Waals surface area contributed by atoms with Gasteiger partial charge in [0.1, 0.15) is 17.1 Å². The summed E-state index contributed by atoms with van der Waals surface area (Å²) in [6, 6.07) is 7.57. The maximum atomic E-state index is 11.5. The van der Waals surface area contributed by atoms with Crippen molar-refractivity contribution in [2.24, 2.45) is 0 Å². The van der Waals surface area contributed by atoms with Gasteiger partial charge in [0.15, 0.2) is 0 Å². The van der Waals surface area contributed by atoms with Crippen LogP contribution >= 0.6 is 0 Å². The lowest BCUT2D eigenvalue weighted by Gasteiger charge is -2.15. The molecule has 0 saturated carbocycles. The number of methoxy groups -OCH3 is 1. The van der Waals surface area contributed by atoms with Crippen LogP contribution in [0.25, 0.3) is 0 Å². The second-order valence-electron chi connectivity index (χ2n) is 6.79. The Balaban J connectivity index is 1.57. The van der Waals surface area contributed by atoms with Gasteiger partial charge in [0, 0.05) is 19.3 Å². The Morgan fingerprint density at radius 1 is 1.21 bits per heavy atom. The number of carboxylic acids is 1. The Labute approximate surface area is 165 Å². The molecule has 2 heterocycles. The lowest BCUT2D eigenvalue weighted by molar-refractivity contribution is 0.0697. The first-order chi connectivity index (χ1) is 13.7. The number of nitrogens with zero attached hydrogens (tertiary/aromatic N) is 3. The summed E-state index contributed by atoms with van der Waals surface area (Å²) in [5.41, 5.74) is 1.05. The number of aromatic carboxylic acids is 1. The van der Waals surface area contributed by atoms with Crippen LogP contribution in [0.4, 0.5) is 11.8 Å². The van der Waals surface area contributed by atoms with E-state index in [4.69, 9.17) is 4.74 Å². The van der Waals surface area contributed by atoms with Crippen LogP contribution < -0.4 is 15.4 Å². The molecule has 0 spiro atoms. The Bertz CT molecular complexity index is 776. The molecule has 150 valence electrons. The normalized spacial score (nSPS) is 14.0. The van der Waals surface area contributed by atoms with E-state index in [-0.39, 0.29) is 5.56 Å². The third-order valence-electron chi connectivity index (χ3n) is 4.77. The Morgan fingerprint density at radius 3 is 2.64 bits per heavy atom. The monoisotopic (exact) mass is 385 g/mol. The van der Waals surface area contributed by atoms with Crippen molar-refractivity contribution >= 4 is 17.7 Å². The molecule has 1 aromatic carbocycles. The molecule has 0 bridgehead atoms. The van der Waals surface area contributed by atoms with Gasteiger partial charge in [0.05, 0.1) is 7.11 Å². The number of hydrogen-bond acceptors (Lipinski definition) is 7. The number of aromatic nitrogens is 2. The minimum Gasteiger partial charge on any atom is -0.497 e. The van der Waals surface area contributed by atoms with E-state index in [1.165, 1.54) is 32.1 Å². The summed E-state index contributed by atoms with van der Waals surface area (Å²) < 4.78 is 5.15. The van der Waals surface area contributed by atoms with Crippen molar-refractivity contribution in [1.82, 2.24) is 14.9 Å². The molecule has 2 aromatic rings. The smallest absolute Gasteiger partial charge is 0.341 e. The van der Waals surface area contributed by atoms with E-state index in [2.05, 4.69) is 25.5 Å². The highest BCUT2D eigenvalue weighted by atomic mass is 16.5. The van der Waals surface area contributed by atoms with Crippen molar-refractivity contribution in [1.29, 1.82) is 0 Å². The molecule has 8 heteroatoms. The topological polar surface area (TPSA) is 99.6 Å². The average Bonchev–Trinajstić information content (AvgIpc) is 3.23. The maximum Gasteiger partial charge on any atom is 0.341 e. The lowest BCUT2D eigenvalue weighted by Crippen LogP contribution is -2.22. The molecule has 1 saturated heterocycles. The summed E-state index contributed by atoms with van der Waals surface area (Å²) in [7, 11) is 1.62. The number of nitrogens with one attached hydrogen (secondary N) is 2. The third kappa shape index (κ3) is 5.56. The highest BCUT2D eigenvalue weighted by molar-refractivity contribution is 5.92. The lowest BCUT2D eigenvalue weighted by atomic mass is 10.2. The van der Waals surface area contributed by atoms with E-state index in [0.29, 0.717) is 18.3 Å². The van der Waals surface area contributed by atoms with Gasteiger partial charge in [-0.3, -0.25) is 0 Å². The Kier molecular flexibility index (Phi) is 7.02. The van der Waals surface area contributed by atoms with Gasteiger partial charge in [-0.15, -0.1) is 0 Å². The van der Waals surface area contributed by atoms with Crippen molar-refractivity contribution in [2.75, 3.05) is 43.9 Å². The van der Waals surface area contributed by atoms with Crippen LogP contribution in [0, 0.1) is 0 Å². The van der Waals surface area contributed by atoms with Crippen LogP contribution in [0.2, 0.25) is 0 Å². The summed E-state index contributed by atoms with van der Waals surface area (Å²) >= 11 is 0. The van der Waals surface area contributed by atoms with E-state index in [1.807, 2.05) is 24.3 Å². The summed E-state index contributed by atoms with van der Waals surface area (Å²) in [6.07, 6.45) is 4.92. The van der Waals surface area contributed by atoms with Gasteiger partial charge in [0.2, 0.25) is 5.95 Å². The number of carboxylic acid groups (broad SMARTS) is 1. The molecular formula is C20H27N5O3.